The zero-order valence-electron chi connectivity index (χ0n) is 11.7. The minimum atomic E-state index is -0.286. The molecular formula is C17H18ClFN2. The Morgan fingerprint density at radius 3 is 2.71 bits per heavy atom. The summed E-state index contributed by atoms with van der Waals surface area (Å²) >= 11 is 5.98. The summed E-state index contributed by atoms with van der Waals surface area (Å²) in [6.07, 6.45) is 1.03. The standard InChI is InChI=1S/C17H18ClFN2/c18-14-9-15(19)11-16(10-14)21-8-4-7-20-17(12-21)13-5-2-1-3-6-13/h1-3,5-6,9-11,17,20H,4,7-8,12H2. The molecule has 0 radical (unpaired) electrons. The Morgan fingerprint density at radius 2 is 1.95 bits per heavy atom. The predicted octanol–water partition coefficient (Wildman–Crippen LogP) is 4.02. The van der Waals surface area contributed by atoms with Crippen LogP contribution in [0.2, 0.25) is 5.02 Å². The van der Waals surface area contributed by atoms with Crippen LogP contribution in [-0.4, -0.2) is 19.6 Å². The highest BCUT2D eigenvalue weighted by atomic mass is 35.5. The Labute approximate surface area is 129 Å². The quantitative estimate of drug-likeness (QED) is 0.901. The summed E-state index contributed by atoms with van der Waals surface area (Å²) in [5, 5.41) is 4.00. The largest absolute Gasteiger partial charge is 0.369 e. The summed E-state index contributed by atoms with van der Waals surface area (Å²) in [6.45, 7) is 2.67. The van der Waals surface area contributed by atoms with Gasteiger partial charge >= 0.3 is 0 Å². The summed E-state index contributed by atoms with van der Waals surface area (Å²) in [5.74, 6) is -0.286. The molecule has 1 aliphatic rings. The van der Waals surface area contributed by atoms with Gasteiger partial charge in [0.2, 0.25) is 0 Å². The third kappa shape index (κ3) is 3.55. The van der Waals surface area contributed by atoms with Crippen LogP contribution in [0.4, 0.5) is 10.1 Å². The molecule has 3 rings (SSSR count). The first-order valence-electron chi connectivity index (χ1n) is 7.22. The van der Waals surface area contributed by atoms with Crippen LogP contribution in [0.5, 0.6) is 0 Å². The fourth-order valence-corrected chi connectivity index (χ4v) is 3.00. The molecule has 21 heavy (non-hydrogen) atoms. The van der Waals surface area contributed by atoms with E-state index >= 15 is 0 Å². The van der Waals surface area contributed by atoms with Crippen LogP contribution in [-0.2, 0) is 0 Å². The molecule has 0 saturated carbocycles. The lowest BCUT2D eigenvalue weighted by molar-refractivity contribution is 0.569. The SMILES string of the molecule is Fc1cc(Cl)cc(N2CCCNC(c3ccccc3)C2)c1. The van der Waals surface area contributed by atoms with Crippen molar-refractivity contribution in [1.29, 1.82) is 0 Å². The molecule has 1 aliphatic heterocycles. The highest BCUT2D eigenvalue weighted by Gasteiger charge is 2.19. The summed E-state index contributed by atoms with van der Waals surface area (Å²) in [4.78, 5) is 2.20. The summed E-state index contributed by atoms with van der Waals surface area (Å²) in [7, 11) is 0. The zero-order chi connectivity index (χ0) is 14.7. The van der Waals surface area contributed by atoms with Gasteiger partial charge in [-0.05, 0) is 36.7 Å². The van der Waals surface area contributed by atoms with Crippen LogP contribution in [0.15, 0.2) is 48.5 Å². The van der Waals surface area contributed by atoms with Crippen molar-refractivity contribution >= 4 is 17.3 Å². The van der Waals surface area contributed by atoms with Crippen LogP contribution in [0.25, 0.3) is 0 Å². The van der Waals surface area contributed by atoms with Crippen molar-refractivity contribution < 1.29 is 4.39 Å². The van der Waals surface area contributed by atoms with E-state index in [0.29, 0.717) is 5.02 Å². The van der Waals surface area contributed by atoms with E-state index in [9.17, 15) is 4.39 Å². The predicted molar refractivity (Wildman–Crippen MR) is 85.4 cm³/mol. The average Bonchev–Trinajstić information content (AvgIpc) is 2.73. The normalized spacial score (nSPS) is 19.3. The highest BCUT2D eigenvalue weighted by Crippen LogP contribution is 2.26. The molecule has 2 aromatic carbocycles. The molecule has 1 unspecified atom stereocenters. The number of nitrogens with zero attached hydrogens (tertiary/aromatic N) is 1. The number of nitrogens with one attached hydrogen (secondary N) is 1. The zero-order valence-corrected chi connectivity index (χ0v) is 12.5. The van der Waals surface area contributed by atoms with Crippen molar-refractivity contribution in [2.45, 2.75) is 12.5 Å². The van der Waals surface area contributed by atoms with Crippen LogP contribution in [0.1, 0.15) is 18.0 Å². The van der Waals surface area contributed by atoms with Crippen LogP contribution in [0.3, 0.4) is 0 Å². The second-order valence-electron chi connectivity index (χ2n) is 5.34. The monoisotopic (exact) mass is 304 g/mol. The summed E-state index contributed by atoms with van der Waals surface area (Å²) in [6, 6.07) is 15.3. The first-order chi connectivity index (χ1) is 10.2. The van der Waals surface area contributed by atoms with E-state index < -0.39 is 0 Å². The van der Waals surface area contributed by atoms with E-state index in [1.54, 1.807) is 6.07 Å². The Balaban J connectivity index is 1.85. The topological polar surface area (TPSA) is 15.3 Å². The third-order valence-corrected chi connectivity index (χ3v) is 4.03. The number of hydrogen-bond acceptors (Lipinski definition) is 2. The molecule has 0 bridgehead atoms. The molecule has 1 saturated heterocycles. The maximum Gasteiger partial charge on any atom is 0.126 e. The molecule has 0 aliphatic carbocycles. The Kier molecular flexibility index (Phi) is 4.42. The van der Waals surface area contributed by atoms with Crippen molar-refractivity contribution in [3.63, 3.8) is 0 Å². The van der Waals surface area contributed by atoms with Gasteiger partial charge in [-0.15, -0.1) is 0 Å². The second kappa shape index (κ2) is 6.46. The number of halogens is 2. The number of benzene rings is 2. The molecular weight excluding hydrogens is 287 g/mol. The van der Waals surface area contributed by atoms with Crippen molar-refractivity contribution in [3.05, 3.63) is 64.9 Å². The first kappa shape index (κ1) is 14.4. The van der Waals surface area contributed by atoms with E-state index in [2.05, 4.69) is 22.3 Å². The lowest BCUT2D eigenvalue weighted by Crippen LogP contribution is -2.31. The molecule has 4 heteroatoms. The molecule has 0 amide bonds. The van der Waals surface area contributed by atoms with E-state index in [1.165, 1.54) is 11.6 Å². The number of rotatable bonds is 2. The van der Waals surface area contributed by atoms with Crippen molar-refractivity contribution in [1.82, 2.24) is 5.32 Å². The fourth-order valence-electron chi connectivity index (χ4n) is 2.79. The molecule has 1 atom stereocenters. The number of hydrogen-bond donors (Lipinski definition) is 1. The van der Waals surface area contributed by atoms with Gasteiger partial charge in [0.15, 0.2) is 0 Å². The van der Waals surface area contributed by atoms with Gasteiger partial charge in [0.1, 0.15) is 5.82 Å². The number of anilines is 1. The van der Waals surface area contributed by atoms with Crippen molar-refractivity contribution in [2.24, 2.45) is 0 Å². The average molecular weight is 305 g/mol. The van der Waals surface area contributed by atoms with Crippen LogP contribution >= 0.6 is 11.6 Å². The van der Waals surface area contributed by atoms with Gasteiger partial charge < -0.3 is 10.2 Å². The van der Waals surface area contributed by atoms with E-state index in [-0.39, 0.29) is 11.9 Å². The minimum Gasteiger partial charge on any atom is -0.369 e. The lowest BCUT2D eigenvalue weighted by Gasteiger charge is -2.27. The Bertz CT molecular complexity index is 583. The van der Waals surface area contributed by atoms with Crippen molar-refractivity contribution in [2.75, 3.05) is 24.5 Å². The smallest absolute Gasteiger partial charge is 0.126 e. The van der Waals surface area contributed by atoms with E-state index in [4.69, 9.17) is 11.6 Å². The molecule has 1 heterocycles. The van der Waals surface area contributed by atoms with Gasteiger partial charge in [-0.3, -0.25) is 0 Å². The maximum atomic E-state index is 13.6. The maximum absolute atomic E-state index is 13.6. The van der Waals surface area contributed by atoms with Crippen LogP contribution < -0.4 is 10.2 Å². The lowest BCUT2D eigenvalue weighted by atomic mass is 10.1. The Hall–Kier alpha value is -1.58. The minimum absolute atomic E-state index is 0.246. The molecule has 110 valence electrons. The van der Waals surface area contributed by atoms with Gasteiger partial charge in [0.05, 0.1) is 0 Å². The van der Waals surface area contributed by atoms with Gasteiger partial charge in [0.25, 0.3) is 0 Å². The van der Waals surface area contributed by atoms with Crippen molar-refractivity contribution in [3.8, 4) is 0 Å². The molecule has 1 N–H and O–H groups in total. The van der Waals surface area contributed by atoms with Gasteiger partial charge in [0, 0.05) is 29.8 Å². The summed E-state index contributed by atoms with van der Waals surface area (Å²) in [5.41, 5.74) is 2.11. The molecule has 1 fully saturated rings. The first-order valence-corrected chi connectivity index (χ1v) is 7.59. The second-order valence-corrected chi connectivity index (χ2v) is 5.78. The fraction of sp³-hybridized carbons (Fsp3) is 0.294. The third-order valence-electron chi connectivity index (χ3n) is 3.81. The van der Waals surface area contributed by atoms with Gasteiger partial charge in [-0.25, -0.2) is 4.39 Å². The van der Waals surface area contributed by atoms with Gasteiger partial charge in [-0.2, -0.15) is 0 Å². The molecule has 0 aromatic heterocycles. The molecule has 2 aromatic rings. The van der Waals surface area contributed by atoms with E-state index in [1.807, 2.05) is 24.3 Å². The molecule has 2 nitrogen and oxygen atoms in total. The Morgan fingerprint density at radius 1 is 1.14 bits per heavy atom. The summed E-state index contributed by atoms with van der Waals surface area (Å²) < 4.78 is 13.6. The molecule has 0 spiro atoms. The van der Waals surface area contributed by atoms with E-state index in [0.717, 1.165) is 31.7 Å². The highest BCUT2D eigenvalue weighted by molar-refractivity contribution is 6.30. The van der Waals surface area contributed by atoms with Crippen LogP contribution in [0, 0.1) is 5.82 Å². The van der Waals surface area contributed by atoms with Gasteiger partial charge in [-0.1, -0.05) is 41.9 Å².